The van der Waals surface area contributed by atoms with Gasteiger partial charge in [0.1, 0.15) is 0 Å². The van der Waals surface area contributed by atoms with E-state index in [1.54, 1.807) is 0 Å². The minimum atomic E-state index is -3.85. The maximum absolute atomic E-state index is 10.8. The highest BCUT2D eigenvalue weighted by Crippen LogP contribution is 2.43. The third-order valence-corrected chi connectivity index (χ3v) is 4.74. The van der Waals surface area contributed by atoms with Gasteiger partial charge in [0, 0.05) is 0 Å². The molecule has 0 amide bonds. The van der Waals surface area contributed by atoms with Gasteiger partial charge in [-0.2, -0.15) is 8.42 Å². The van der Waals surface area contributed by atoms with E-state index in [0.717, 1.165) is 12.8 Å². The van der Waals surface area contributed by atoms with Gasteiger partial charge in [0.2, 0.25) is 0 Å². The molecular weight excluding hydrogens is 226 g/mol. The highest BCUT2D eigenvalue weighted by molar-refractivity contribution is 7.85. The molecule has 16 heavy (non-hydrogen) atoms. The fourth-order valence-electron chi connectivity index (χ4n) is 2.81. The second-order valence-corrected chi connectivity index (χ2v) is 6.79. The van der Waals surface area contributed by atoms with Crippen molar-refractivity contribution in [1.82, 2.24) is 0 Å². The van der Waals surface area contributed by atoms with Crippen LogP contribution in [-0.4, -0.2) is 25.3 Å². The second-order valence-electron chi connectivity index (χ2n) is 5.22. The summed E-state index contributed by atoms with van der Waals surface area (Å²) in [5.41, 5.74) is 5.91. The predicted molar refractivity (Wildman–Crippen MR) is 64.8 cm³/mol. The summed E-state index contributed by atoms with van der Waals surface area (Å²) in [4.78, 5) is 0. The van der Waals surface area contributed by atoms with Crippen LogP contribution in [0.4, 0.5) is 0 Å². The lowest BCUT2D eigenvalue weighted by molar-refractivity contribution is 0.120. The fourth-order valence-corrected chi connectivity index (χ4v) is 3.39. The molecule has 96 valence electrons. The van der Waals surface area contributed by atoms with Gasteiger partial charge in [-0.15, -0.1) is 0 Å². The first-order valence-electron chi connectivity index (χ1n) is 6.03. The van der Waals surface area contributed by atoms with Crippen molar-refractivity contribution in [2.45, 2.75) is 45.4 Å². The maximum Gasteiger partial charge on any atom is 0.264 e. The van der Waals surface area contributed by atoms with E-state index in [-0.39, 0.29) is 17.1 Å². The van der Waals surface area contributed by atoms with Crippen molar-refractivity contribution >= 4 is 10.1 Å². The number of nitrogens with two attached hydrogens (primary N) is 1. The Labute approximate surface area is 98.4 Å². The zero-order valence-corrected chi connectivity index (χ0v) is 10.8. The van der Waals surface area contributed by atoms with Crippen LogP contribution in [-0.2, 0) is 10.1 Å². The quantitative estimate of drug-likeness (QED) is 0.728. The third kappa shape index (κ3) is 4.03. The second kappa shape index (κ2) is 5.47. The van der Waals surface area contributed by atoms with Crippen molar-refractivity contribution in [2.75, 3.05) is 12.3 Å². The first-order chi connectivity index (χ1) is 7.37. The lowest BCUT2D eigenvalue weighted by Gasteiger charge is -2.40. The molecule has 1 unspecified atom stereocenters. The Balaban J connectivity index is 2.58. The van der Waals surface area contributed by atoms with E-state index in [2.05, 4.69) is 6.92 Å². The summed E-state index contributed by atoms with van der Waals surface area (Å²) in [5.74, 6) is 0.0412. The van der Waals surface area contributed by atoms with Gasteiger partial charge in [-0.05, 0) is 37.1 Å². The molecule has 0 spiro atoms. The van der Waals surface area contributed by atoms with Crippen molar-refractivity contribution in [3.8, 4) is 0 Å². The van der Waals surface area contributed by atoms with E-state index in [4.69, 9.17) is 10.3 Å². The summed E-state index contributed by atoms with van der Waals surface area (Å²) in [6, 6.07) is 0. The minimum Gasteiger partial charge on any atom is -0.330 e. The molecule has 5 heteroatoms. The summed E-state index contributed by atoms with van der Waals surface area (Å²) in [5, 5.41) is 0. The van der Waals surface area contributed by atoms with E-state index in [1.165, 1.54) is 19.3 Å². The molecule has 1 aliphatic carbocycles. The van der Waals surface area contributed by atoms with Crippen LogP contribution < -0.4 is 5.73 Å². The van der Waals surface area contributed by atoms with Gasteiger partial charge in [0.05, 0.1) is 5.75 Å². The molecule has 0 saturated heterocycles. The fraction of sp³-hybridized carbons (Fsp3) is 1.00. The van der Waals surface area contributed by atoms with Crippen LogP contribution in [0.15, 0.2) is 0 Å². The zero-order chi connectivity index (χ0) is 12.2. The minimum absolute atomic E-state index is 0.162. The van der Waals surface area contributed by atoms with Crippen molar-refractivity contribution in [3.05, 3.63) is 0 Å². The molecule has 1 aliphatic rings. The molecule has 0 aromatic carbocycles. The van der Waals surface area contributed by atoms with Crippen molar-refractivity contribution in [2.24, 2.45) is 17.1 Å². The van der Waals surface area contributed by atoms with Crippen LogP contribution in [0.25, 0.3) is 0 Å². The van der Waals surface area contributed by atoms with Crippen LogP contribution in [0.5, 0.6) is 0 Å². The SMILES string of the molecule is CC1(C(CN)CCS(=O)(=O)O)CCCCC1. The van der Waals surface area contributed by atoms with E-state index < -0.39 is 10.1 Å². The summed E-state index contributed by atoms with van der Waals surface area (Å²) < 4.78 is 30.3. The average Bonchev–Trinajstić information content (AvgIpc) is 2.17. The van der Waals surface area contributed by atoms with Crippen molar-refractivity contribution in [1.29, 1.82) is 0 Å². The molecule has 1 rings (SSSR count). The van der Waals surface area contributed by atoms with E-state index >= 15 is 0 Å². The van der Waals surface area contributed by atoms with Crippen LogP contribution in [0.2, 0.25) is 0 Å². The number of hydrogen-bond donors (Lipinski definition) is 2. The van der Waals surface area contributed by atoms with Crippen LogP contribution in [0.3, 0.4) is 0 Å². The first kappa shape index (κ1) is 13.9. The lowest BCUT2D eigenvalue weighted by atomic mass is 9.66. The number of rotatable bonds is 5. The predicted octanol–water partition coefficient (Wildman–Crippen LogP) is 1.81. The van der Waals surface area contributed by atoms with Crippen LogP contribution >= 0.6 is 0 Å². The molecule has 1 atom stereocenters. The molecule has 1 saturated carbocycles. The van der Waals surface area contributed by atoms with Gasteiger partial charge in [-0.1, -0.05) is 26.2 Å². The maximum atomic E-state index is 10.8. The highest BCUT2D eigenvalue weighted by Gasteiger charge is 2.34. The Morgan fingerprint density at radius 2 is 1.88 bits per heavy atom. The summed E-state index contributed by atoms with van der Waals surface area (Å²) in [7, 11) is -3.85. The van der Waals surface area contributed by atoms with E-state index in [1.807, 2.05) is 0 Å². The topological polar surface area (TPSA) is 80.4 Å². The molecular formula is C11H23NO3S. The summed E-state index contributed by atoms with van der Waals surface area (Å²) in [6.45, 7) is 2.71. The van der Waals surface area contributed by atoms with E-state index in [9.17, 15) is 8.42 Å². The smallest absolute Gasteiger partial charge is 0.264 e. The van der Waals surface area contributed by atoms with Gasteiger partial charge < -0.3 is 5.73 Å². The van der Waals surface area contributed by atoms with Gasteiger partial charge in [-0.3, -0.25) is 4.55 Å². The summed E-state index contributed by atoms with van der Waals surface area (Å²) in [6.07, 6.45) is 6.41. The molecule has 0 radical (unpaired) electrons. The van der Waals surface area contributed by atoms with Crippen LogP contribution in [0.1, 0.15) is 45.4 Å². The normalized spacial score (nSPS) is 22.9. The van der Waals surface area contributed by atoms with Crippen LogP contribution in [0, 0.1) is 11.3 Å². The summed E-state index contributed by atoms with van der Waals surface area (Å²) >= 11 is 0. The molecule has 0 aromatic heterocycles. The average molecular weight is 249 g/mol. The Kier molecular flexibility index (Phi) is 4.76. The van der Waals surface area contributed by atoms with Gasteiger partial charge in [-0.25, -0.2) is 0 Å². The lowest BCUT2D eigenvalue weighted by Crippen LogP contribution is -2.36. The number of hydrogen-bond acceptors (Lipinski definition) is 3. The van der Waals surface area contributed by atoms with Gasteiger partial charge >= 0.3 is 0 Å². The molecule has 0 aliphatic heterocycles. The Hall–Kier alpha value is -0.130. The molecule has 0 aromatic rings. The van der Waals surface area contributed by atoms with Gasteiger partial charge in [0.25, 0.3) is 10.1 Å². The highest BCUT2D eigenvalue weighted by atomic mass is 32.2. The first-order valence-corrected chi connectivity index (χ1v) is 7.63. The van der Waals surface area contributed by atoms with Crippen molar-refractivity contribution in [3.63, 3.8) is 0 Å². The molecule has 0 heterocycles. The Morgan fingerprint density at radius 3 is 2.31 bits per heavy atom. The third-order valence-electron chi connectivity index (χ3n) is 3.99. The van der Waals surface area contributed by atoms with Gasteiger partial charge in [0.15, 0.2) is 0 Å². The van der Waals surface area contributed by atoms with Crippen molar-refractivity contribution < 1.29 is 13.0 Å². The molecule has 1 fully saturated rings. The largest absolute Gasteiger partial charge is 0.330 e. The molecule has 3 N–H and O–H groups in total. The van der Waals surface area contributed by atoms with E-state index in [0.29, 0.717) is 13.0 Å². The zero-order valence-electron chi connectivity index (χ0n) is 9.98. The Morgan fingerprint density at radius 1 is 1.31 bits per heavy atom. The molecule has 4 nitrogen and oxygen atoms in total. The monoisotopic (exact) mass is 249 g/mol. The Bertz CT molecular complexity index is 307. The molecule has 0 bridgehead atoms. The standard InChI is InChI=1S/C11H23NO3S/c1-11(6-3-2-4-7-11)10(9-12)5-8-16(13,14)15/h10H,2-9,12H2,1H3,(H,13,14,15).